The van der Waals surface area contributed by atoms with Crippen LogP contribution >= 0.6 is 0 Å². The molecule has 1 aliphatic rings. The van der Waals surface area contributed by atoms with Crippen LogP contribution in [0.1, 0.15) is 19.8 Å². The van der Waals surface area contributed by atoms with E-state index in [9.17, 15) is 9.59 Å². The summed E-state index contributed by atoms with van der Waals surface area (Å²) < 4.78 is 4.62. The summed E-state index contributed by atoms with van der Waals surface area (Å²) in [4.78, 5) is 24.3. The van der Waals surface area contributed by atoms with Gasteiger partial charge in [0.25, 0.3) is 0 Å². The van der Waals surface area contributed by atoms with Gasteiger partial charge in [-0.25, -0.2) is 0 Å². The minimum Gasteiger partial charge on any atom is -0.469 e. The minimum absolute atomic E-state index is 0.0859. The highest BCUT2D eigenvalue weighted by atomic mass is 16.5. The first-order valence-corrected chi connectivity index (χ1v) is 5.21. The van der Waals surface area contributed by atoms with Gasteiger partial charge in [0.2, 0.25) is 5.91 Å². The molecule has 1 aliphatic heterocycles. The number of carbonyl (C=O) groups is 2. The first-order chi connectivity index (χ1) is 7.13. The smallest absolute Gasteiger partial charge is 0.307 e. The molecule has 15 heavy (non-hydrogen) atoms. The monoisotopic (exact) mass is 214 g/mol. The zero-order valence-corrected chi connectivity index (χ0v) is 9.28. The highest BCUT2D eigenvalue weighted by Crippen LogP contribution is 2.07. The van der Waals surface area contributed by atoms with Crippen LogP contribution in [0.15, 0.2) is 0 Å². The van der Waals surface area contributed by atoms with Crippen LogP contribution in [0, 0.1) is 0 Å². The number of esters is 1. The number of methoxy groups -OCH3 is 1. The normalized spacial score (nSPS) is 20.3. The van der Waals surface area contributed by atoms with Gasteiger partial charge in [-0.1, -0.05) is 0 Å². The van der Waals surface area contributed by atoms with E-state index in [1.165, 1.54) is 7.11 Å². The Bertz CT molecular complexity index is 243. The molecule has 0 saturated carbocycles. The molecule has 0 aromatic heterocycles. The van der Waals surface area contributed by atoms with Gasteiger partial charge in [-0.2, -0.15) is 0 Å². The van der Waals surface area contributed by atoms with E-state index in [2.05, 4.69) is 15.0 Å². The summed E-state index contributed by atoms with van der Waals surface area (Å²) in [6.45, 7) is 4.14. The van der Waals surface area contributed by atoms with Gasteiger partial charge in [0.1, 0.15) is 0 Å². The molecular formula is C10H18N2O3. The standard InChI is InChI=1S/C10H18N2O3/c1-8(7-10(14)15-2)12-5-3-9(13)11-4-6-12/h8H,3-7H2,1-2H3,(H,11,13). The van der Waals surface area contributed by atoms with Gasteiger partial charge in [0.05, 0.1) is 13.5 Å². The molecule has 1 fully saturated rings. The Balaban J connectivity index is 2.41. The average Bonchev–Trinajstić information content (AvgIpc) is 2.42. The second-order valence-corrected chi connectivity index (χ2v) is 3.77. The van der Waals surface area contributed by atoms with Gasteiger partial charge in [-0.3, -0.25) is 14.5 Å². The van der Waals surface area contributed by atoms with Crippen molar-refractivity contribution in [2.75, 3.05) is 26.7 Å². The maximum atomic E-state index is 11.1. The lowest BCUT2D eigenvalue weighted by molar-refractivity contribution is -0.141. The van der Waals surface area contributed by atoms with Crippen molar-refractivity contribution in [3.05, 3.63) is 0 Å². The number of rotatable bonds is 3. The van der Waals surface area contributed by atoms with Crippen LogP contribution < -0.4 is 5.32 Å². The number of nitrogens with one attached hydrogen (secondary N) is 1. The fourth-order valence-corrected chi connectivity index (χ4v) is 1.68. The van der Waals surface area contributed by atoms with Crippen LogP contribution in [0.25, 0.3) is 0 Å². The predicted molar refractivity (Wildman–Crippen MR) is 55.3 cm³/mol. The summed E-state index contributed by atoms with van der Waals surface area (Å²) in [6, 6.07) is 0.130. The molecule has 0 bridgehead atoms. The Morgan fingerprint density at radius 1 is 1.60 bits per heavy atom. The molecule has 1 atom stereocenters. The van der Waals surface area contributed by atoms with Crippen molar-refractivity contribution in [3.63, 3.8) is 0 Å². The molecule has 86 valence electrons. The average molecular weight is 214 g/mol. The van der Waals surface area contributed by atoms with Gasteiger partial charge < -0.3 is 10.1 Å². The molecule has 0 aromatic carbocycles. The van der Waals surface area contributed by atoms with Crippen LogP contribution in [0.3, 0.4) is 0 Å². The summed E-state index contributed by atoms with van der Waals surface area (Å²) in [7, 11) is 1.39. The summed E-state index contributed by atoms with van der Waals surface area (Å²) in [5.41, 5.74) is 0. The van der Waals surface area contributed by atoms with Gasteiger partial charge in [-0.05, 0) is 6.92 Å². The van der Waals surface area contributed by atoms with Crippen LogP contribution in [0.2, 0.25) is 0 Å². The SMILES string of the molecule is COC(=O)CC(C)N1CCNC(=O)CC1. The lowest BCUT2D eigenvalue weighted by Crippen LogP contribution is -2.37. The maximum absolute atomic E-state index is 11.1. The van der Waals surface area contributed by atoms with Crippen molar-refractivity contribution in [2.45, 2.75) is 25.8 Å². The fourth-order valence-electron chi connectivity index (χ4n) is 1.68. The van der Waals surface area contributed by atoms with Crippen molar-refractivity contribution in [3.8, 4) is 0 Å². The topological polar surface area (TPSA) is 58.6 Å². The number of hydrogen-bond acceptors (Lipinski definition) is 4. The van der Waals surface area contributed by atoms with Crippen molar-refractivity contribution < 1.29 is 14.3 Å². The summed E-state index contributed by atoms with van der Waals surface area (Å²) in [5, 5.41) is 2.80. The van der Waals surface area contributed by atoms with Gasteiger partial charge in [-0.15, -0.1) is 0 Å². The molecule has 1 rings (SSSR count). The van der Waals surface area contributed by atoms with E-state index in [-0.39, 0.29) is 17.9 Å². The minimum atomic E-state index is -0.203. The predicted octanol–water partition coefficient (Wildman–Crippen LogP) is -0.240. The Morgan fingerprint density at radius 2 is 2.33 bits per heavy atom. The van der Waals surface area contributed by atoms with E-state index < -0.39 is 0 Å². The number of ether oxygens (including phenoxy) is 1. The van der Waals surface area contributed by atoms with Crippen LogP contribution in [0.5, 0.6) is 0 Å². The Hall–Kier alpha value is -1.10. The highest BCUT2D eigenvalue weighted by Gasteiger charge is 2.20. The number of amides is 1. The van der Waals surface area contributed by atoms with Gasteiger partial charge in [0.15, 0.2) is 0 Å². The summed E-state index contributed by atoms with van der Waals surface area (Å²) in [6.07, 6.45) is 0.885. The first-order valence-electron chi connectivity index (χ1n) is 5.21. The summed E-state index contributed by atoms with van der Waals surface area (Å²) in [5.74, 6) is -0.117. The largest absolute Gasteiger partial charge is 0.469 e. The number of carbonyl (C=O) groups excluding carboxylic acids is 2. The molecule has 1 heterocycles. The second-order valence-electron chi connectivity index (χ2n) is 3.77. The van der Waals surface area contributed by atoms with Crippen molar-refractivity contribution >= 4 is 11.9 Å². The van der Waals surface area contributed by atoms with E-state index >= 15 is 0 Å². The van der Waals surface area contributed by atoms with E-state index in [1.807, 2.05) is 6.92 Å². The van der Waals surface area contributed by atoms with E-state index in [4.69, 9.17) is 0 Å². The number of hydrogen-bond donors (Lipinski definition) is 1. The zero-order chi connectivity index (χ0) is 11.3. The Morgan fingerprint density at radius 3 is 3.00 bits per heavy atom. The van der Waals surface area contributed by atoms with E-state index in [1.54, 1.807) is 0 Å². The lowest BCUT2D eigenvalue weighted by Gasteiger charge is -2.25. The molecule has 5 heteroatoms. The Labute approximate surface area is 89.8 Å². The third kappa shape index (κ3) is 3.87. The van der Waals surface area contributed by atoms with Crippen LogP contribution in [-0.4, -0.2) is 49.6 Å². The summed E-state index contributed by atoms with van der Waals surface area (Å²) >= 11 is 0. The molecule has 0 radical (unpaired) electrons. The zero-order valence-electron chi connectivity index (χ0n) is 9.28. The number of nitrogens with zero attached hydrogens (tertiary/aromatic N) is 1. The second kappa shape index (κ2) is 5.70. The van der Waals surface area contributed by atoms with Crippen LogP contribution in [0.4, 0.5) is 0 Å². The van der Waals surface area contributed by atoms with Crippen LogP contribution in [-0.2, 0) is 14.3 Å². The molecule has 1 saturated heterocycles. The van der Waals surface area contributed by atoms with Crippen molar-refractivity contribution in [1.82, 2.24) is 10.2 Å². The quantitative estimate of drug-likeness (QED) is 0.659. The van der Waals surface area contributed by atoms with Crippen molar-refractivity contribution in [2.24, 2.45) is 0 Å². The van der Waals surface area contributed by atoms with E-state index in [0.717, 1.165) is 6.54 Å². The molecule has 0 aromatic rings. The molecule has 1 unspecified atom stereocenters. The Kier molecular flexibility index (Phi) is 4.55. The molecule has 0 spiro atoms. The molecule has 1 N–H and O–H groups in total. The third-order valence-corrected chi connectivity index (χ3v) is 2.66. The first kappa shape index (κ1) is 12.0. The van der Waals surface area contributed by atoms with E-state index in [0.29, 0.717) is 25.9 Å². The molecule has 1 amide bonds. The van der Waals surface area contributed by atoms with Gasteiger partial charge in [0, 0.05) is 32.1 Å². The fraction of sp³-hybridized carbons (Fsp3) is 0.800. The lowest BCUT2D eigenvalue weighted by atomic mass is 10.2. The highest BCUT2D eigenvalue weighted by molar-refractivity contribution is 5.76. The molecule has 0 aliphatic carbocycles. The molecular weight excluding hydrogens is 196 g/mol. The third-order valence-electron chi connectivity index (χ3n) is 2.66. The van der Waals surface area contributed by atoms with Crippen molar-refractivity contribution in [1.29, 1.82) is 0 Å². The molecule has 5 nitrogen and oxygen atoms in total. The maximum Gasteiger partial charge on any atom is 0.307 e. The van der Waals surface area contributed by atoms with Gasteiger partial charge >= 0.3 is 5.97 Å².